The SMILES string of the molecule is Cc1cc(N2CCOCC2)ccc1C=Nc1cccc2ccccc12. The summed E-state index contributed by atoms with van der Waals surface area (Å²) in [6.45, 7) is 5.69. The number of rotatable bonds is 3. The van der Waals surface area contributed by atoms with E-state index in [1.807, 2.05) is 6.21 Å². The maximum Gasteiger partial charge on any atom is 0.0708 e. The van der Waals surface area contributed by atoms with E-state index in [2.05, 4.69) is 72.5 Å². The maximum atomic E-state index is 5.44. The molecular formula is C22H22N2O. The van der Waals surface area contributed by atoms with E-state index in [1.165, 1.54) is 22.0 Å². The third-order valence-corrected chi connectivity index (χ3v) is 4.74. The van der Waals surface area contributed by atoms with Gasteiger partial charge < -0.3 is 9.64 Å². The number of aliphatic imine (C=N–C) groups is 1. The summed E-state index contributed by atoms with van der Waals surface area (Å²) in [7, 11) is 0. The predicted octanol–water partition coefficient (Wildman–Crippen LogP) is 4.74. The lowest BCUT2D eigenvalue weighted by atomic mass is 10.1. The van der Waals surface area contributed by atoms with E-state index in [4.69, 9.17) is 9.73 Å². The quantitative estimate of drug-likeness (QED) is 0.648. The van der Waals surface area contributed by atoms with Crippen molar-refractivity contribution in [1.82, 2.24) is 0 Å². The molecule has 0 amide bonds. The molecule has 0 atom stereocenters. The van der Waals surface area contributed by atoms with Gasteiger partial charge in [-0.15, -0.1) is 0 Å². The van der Waals surface area contributed by atoms with Crippen LogP contribution in [0.3, 0.4) is 0 Å². The summed E-state index contributed by atoms with van der Waals surface area (Å²) in [5.74, 6) is 0. The Hall–Kier alpha value is -2.65. The second-order valence-corrected chi connectivity index (χ2v) is 6.40. The van der Waals surface area contributed by atoms with Crippen molar-refractivity contribution in [2.24, 2.45) is 4.99 Å². The standard InChI is InChI=1S/C22H22N2O/c1-17-15-20(24-11-13-25-14-12-24)10-9-19(17)16-23-22-8-4-6-18-5-2-3-7-21(18)22/h2-10,15-16H,11-14H2,1H3. The number of hydrogen-bond donors (Lipinski definition) is 0. The lowest BCUT2D eigenvalue weighted by molar-refractivity contribution is 0.122. The molecule has 126 valence electrons. The fourth-order valence-electron chi connectivity index (χ4n) is 3.28. The zero-order chi connectivity index (χ0) is 17.1. The summed E-state index contributed by atoms with van der Waals surface area (Å²) in [5, 5.41) is 2.40. The predicted molar refractivity (Wildman–Crippen MR) is 105 cm³/mol. The van der Waals surface area contributed by atoms with E-state index in [1.54, 1.807) is 0 Å². The largest absolute Gasteiger partial charge is 0.378 e. The highest BCUT2D eigenvalue weighted by Gasteiger charge is 2.11. The monoisotopic (exact) mass is 330 g/mol. The minimum atomic E-state index is 0.809. The molecule has 1 fully saturated rings. The van der Waals surface area contributed by atoms with Crippen LogP contribution in [0.4, 0.5) is 11.4 Å². The van der Waals surface area contributed by atoms with Crippen molar-refractivity contribution in [2.75, 3.05) is 31.2 Å². The summed E-state index contributed by atoms with van der Waals surface area (Å²) in [6, 6.07) is 21.2. The highest BCUT2D eigenvalue weighted by molar-refractivity contribution is 5.95. The summed E-state index contributed by atoms with van der Waals surface area (Å²) in [5.41, 5.74) is 4.68. The Labute approximate surface area is 148 Å². The third kappa shape index (κ3) is 3.42. The molecule has 0 saturated carbocycles. The van der Waals surface area contributed by atoms with Crippen LogP contribution < -0.4 is 4.90 Å². The van der Waals surface area contributed by atoms with Gasteiger partial charge in [0.25, 0.3) is 0 Å². The molecule has 1 aliphatic rings. The number of nitrogens with zero attached hydrogens (tertiary/aromatic N) is 2. The maximum absolute atomic E-state index is 5.44. The average Bonchev–Trinajstić information content (AvgIpc) is 2.67. The third-order valence-electron chi connectivity index (χ3n) is 4.74. The summed E-state index contributed by atoms with van der Waals surface area (Å²) in [4.78, 5) is 7.13. The molecule has 3 aromatic rings. The first-order chi connectivity index (χ1) is 12.3. The van der Waals surface area contributed by atoms with E-state index in [0.29, 0.717) is 0 Å². The molecule has 0 radical (unpaired) electrons. The van der Waals surface area contributed by atoms with E-state index < -0.39 is 0 Å². The molecule has 3 heteroatoms. The lowest BCUT2D eigenvalue weighted by Crippen LogP contribution is -2.36. The first kappa shape index (κ1) is 15.9. The van der Waals surface area contributed by atoms with Crippen molar-refractivity contribution < 1.29 is 4.74 Å². The van der Waals surface area contributed by atoms with Gasteiger partial charge >= 0.3 is 0 Å². The molecule has 0 aliphatic carbocycles. The van der Waals surface area contributed by atoms with Crippen molar-refractivity contribution in [3.05, 3.63) is 71.8 Å². The molecule has 4 rings (SSSR count). The molecular weight excluding hydrogens is 308 g/mol. The van der Waals surface area contributed by atoms with Crippen LogP contribution in [0.1, 0.15) is 11.1 Å². The van der Waals surface area contributed by atoms with Gasteiger partial charge in [-0.2, -0.15) is 0 Å². The van der Waals surface area contributed by atoms with Crippen molar-refractivity contribution in [3.8, 4) is 0 Å². The van der Waals surface area contributed by atoms with Crippen LogP contribution in [-0.2, 0) is 4.74 Å². The molecule has 3 nitrogen and oxygen atoms in total. The molecule has 0 unspecified atom stereocenters. The normalized spacial score (nSPS) is 15.2. The molecule has 25 heavy (non-hydrogen) atoms. The van der Waals surface area contributed by atoms with Crippen LogP contribution in [0.5, 0.6) is 0 Å². The van der Waals surface area contributed by atoms with Crippen molar-refractivity contribution in [2.45, 2.75) is 6.92 Å². The Bertz CT molecular complexity index is 906. The zero-order valence-electron chi connectivity index (χ0n) is 14.5. The van der Waals surface area contributed by atoms with E-state index in [9.17, 15) is 0 Å². The Morgan fingerprint density at radius 1 is 0.960 bits per heavy atom. The second-order valence-electron chi connectivity index (χ2n) is 6.40. The highest BCUT2D eigenvalue weighted by Crippen LogP contribution is 2.26. The summed E-state index contributed by atoms with van der Waals surface area (Å²) in [6.07, 6.45) is 1.97. The van der Waals surface area contributed by atoms with Crippen LogP contribution in [0.15, 0.2) is 65.7 Å². The Morgan fingerprint density at radius 3 is 2.60 bits per heavy atom. The molecule has 0 bridgehead atoms. The lowest BCUT2D eigenvalue weighted by Gasteiger charge is -2.29. The second kappa shape index (κ2) is 7.08. The Morgan fingerprint density at radius 2 is 1.76 bits per heavy atom. The number of fused-ring (bicyclic) bond motifs is 1. The van der Waals surface area contributed by atoms with E-state index in [-0.39, 0.29) is 0 Å². The summed E-state index contributed by atoms with van der Waals surface area (Å²) < 4.78 is 5.44. The molecule has 0 aromatic heterocycles. The van der Waals surface area contributed by atoms with Gasteiger partial charge in [0.2, 0.25) is 0 Å². The first-order valence-electron chi connectivity index (χ1n) is 8.76. The number of aryl methyl sites for hydroxylation is 1. The van der Waals surface area contributed by atoms with Crippen LogP contribution in [0, 0.1) is 6.92 Å². The van der Waals surface area contributed by atoms with Crippen molar-refractivity contribution in [3.63, 3.8) is 0 Å². The van der Waals surface area contributed by atoms with Gasteiger partial charge in [-0.25, -0.2) is 0 Å². The van der Waals surface area contributed by atoms with E-state index >= 15 is 0 Å². The molecule has 1 aliphatic heterocycles. The van der Waals surface area contributed by atoms with Crippen LogP contribution in [0.25, 0.3) is 10.8 Å². The number of hydrogen-bond acceptors (Lipinski definition) is 3. The average molecular weight is 330 g/mol. The molecule has 1 heterocycles. The minimum absolute atomic E-state index is 0.809. The van der Waals surface area contributed by atoms with Crippen LogP contribution in [-0.4, -0.2) is 32.5 Å². The number of anilines is 1. The molecule has 3 aromatic carbocycles. The molecule has 0 N–H and O–H groups in total. The van der Waals surface area contributed by atoms with Gasteiger partial charge in [-0.3, -0.25) is 4.99 Å². The fraction of sp³-hybridized carbons (Fsp3) is 0.227. The highest BCUT2D eigenvalue weighted by atomic mass is 16.5. The molecule has 0 spiro atoms. The smallest absolute Gasteiger partial charge is 0.0708 e. The van der Waals surface area contributed by atoms with Gasteiger partial charge in [-0.1, -0.05) is 42.5 Å². The Balaban J connectivity index is 1.60. The topological polar surface area (TPSA) is 24.8 Å². The van der Waals surface area contributed by atoms with Gasteiger partial charge in [0.15, 0.2) is 0 Å². The number of morpholine rings is 1. The van der Waals surface area contributed by atoms with E-state index in [0.717, 1.165) is 37.6 Å². The number of benzene rings is 3. The van der Waals surface area contributed by atoms with Gasteiger partial charge in [0, 0.05) is 30.4 Å². The van der Waals surface area contributed by atoms with Crippen molar-refractivity contribution >= 4 is 28.4 Å². The minimum Gasteiger partial charge on any atom is -0.378 e. The van der Waals surface area contributed by atoms with Crippen molar-refractivity contribution in [1.29, 1.82) is 0 Å². The Kier molecular flexibility index (Phi) is 4.49. The summed E-state index contributed by atoms with van der Waals surface area (Å²) >= 11 is 0. The fourth-order valence-corrected chi connectivity index (χ4v) is 3.28. The van der Waals surface area contributed by atoms with Crippen LogP contribution >= 0.6 is 0 Å². The van der Waals surface area contributed by atoms with Gasteiger partial charge in [0.05, 0.1) is 18.9 Å². The first-order valence-corrected chi connectivity index (χ1v) is 8.76. The van der Waals surface area contributed by atoms with Gasteiger partial charge in [0.1, 0.15) is 0 Å². The number of ether oxygens (including phenoxy) is 1. The van der Waals surface area contributed by atoms with Crippen LogP contribution in [0.2, 0.25) is 0 Å². The molecule has 1 saturated heterocycles. The zero-order valence-corrected chi connectivity index (χ0v) is 14.5. The van der Waals surface area contributed by atoms with Gasteiger partial charge in [-0.05, 0) is 41.6 Å².